The topological polar surface area (TPSA) is 66.5 Å². The first-order valence-electron chi connectivity index (χ1n) is 4.43. The molecule has 2 rings (SSSR count). The van der Waals surface area contributed by atoms with Gasteiger partial charge in [0.15, 0.2) is 0 Å². The van der Waals surface area contributed by atoms with Crippen molar-refractivity contribution in [1.29, 1.82) is 0 Å². The third-order valence-corrected chi connectivity index (χ3v) is 2.63. The zero-order valence-corrected chi connectivity index (χ0v) is 7.33. The van der Waals surface area contributed by atoms with E-state index in [1.807, 2.05) is 6.07 Å². The Balaban J connectivity index is 2.51. The lowest BCUT2D eigenvalue weighted by atomic mass is 10.0. The van der Waals surface area contributed by atoms with Gasteiger partial charge in [0.1, 0.15) is 5.75 Å². The third kappa shape index (κ3) is 1.30. The Bertz CT molecular complexity index is 336. The van der Waals surface area contributed by atoms with Gasteiger partial charge in [-0.05, 0) is 36.1 Å². The van der Waals surface area contributed by atoms with Gasteiger partial charge >= 0.3 is 0 Å². The van der Waals surface area contributed by atoms with Crippen LogP contribution in [0.4, 0.5) is 0 Å². The van der Waals surface area contributed by atoms with Gasteiger partial charge in [-0.3, -0.25) is 0 Å². The molecule has 0 aliphatic heterocycles. The van der Waals surface area contributed by atoms with Crippen molar-refractivity contribution < 1.29 is 10.2 Å². The fraction of sp³-hybridized carbons (Fsp3) is 0.400. The second-order valence-electron chi connectivity index (χ2n) is 3.48. The molecule has 1 aliphatic rings. The summed E-state index contributed by atoms with van der Waals surface area (Å²) in [5, 5.41) is 18.4. The molecular formula is C10H13NO2. The maximum absolute atomic E-state index is 9.46. The Labute approximate surface area is 76.8 Å². The molecular weight excluding hydrogens is 166 g/mol. The van der Waals surface area contributed by atoms with Crippen molar-refractivity contribution in [3.8, 4) is 5.75 Å². The maximum atomic E-state index is 9.46. The van der Waals surface area contributed by atoms with Crippen molar-refractivity contribution in [2.45, 2.75) is 25.5 Å². The molecule has 1 atom stereocenters. The first-order chi connectivity index (χ1) is 6.22. The number of hydrogen-bond donors (Lipinski definition) is 3. The molecule has 0 aromatic heterocycles. The molecule has 70 valence electrons. The number of aromatic hydroxyl groups is 1. The molecule has 3 heteroatoms. The van der Waals surface area contributed by atoms with E-state index in [2.05, 4.69) is 0 Å². The van der Waals surface area contributed by atoms with Gasteiger partial charge < -0.3 is 15.9 Å². The molecule has 0 spiro atoms. The van der Waals surface area contributed by atoms with Crippen molar-refractivity contribution in [2.75, 3.05) is 0 Å². The molecule has 0 saturated heterocycles. The lowest BCUT2D eigenvalue weighted by Gasteiger charge is -2.08. The SMILES string of the molecule is N[C@@H]1CCc2cc(O)c(CO)cc21. The minimum atomic E-state index is -0.133. The number of rotatable bonds is 1. The molecule has 1 aliphatic carbocycles. The highest BCUT2D eigenvalue weighted by molar-refractivity contribution is 5.45. The van der Waals surface area contributed by atoms with Crippen LogP contribution in [0.2, 0.25) is 0 Å². The number of nitrogens with two attached hydrogens (primary N) is 1. The Morgan fingerprint density at radius 2 is 2.23 bits per heavy atom. The van der Waals surface area contributed by atoms with Gasteiger partial charge in [-0.1, -0.05) is 0 Å². The van der Waals surface area contributed by atoms with Crippen LogP contribution in [0.3, 0.4) is 0 Å². The van der Waals surface area contributed by atoms with E-state index in [9.17, 15) is 5.11 Å². The van der Waals surface area contributed by atoms with Crippen molar-refractivity contribution in [2.24, 2.45) is 5.73 Å². The van der Waals surface area contributed by atoms with Gasteiger partial charge in [0.2, 0.25) is 0 Å². The largest absolute Gasteiger partial charge is 0.508 e. The Morgan fingerprint density at radius 1 is 1.46 bits per heavy atom. The number of aryl methyl sites for hydroxylation is 1. The van der Waals surface area contributed by atoms with Crippen LogP contribution in [0.1, 0.15) is 29.2 Å². The summed E-state index contributed by atoms with van der Waals surface area (Å²) in [6.45, 7) is -0.133. The highest BCUT2D eigenvalue weighted by Crippen LogP contribution is 2.33. The van der Waals surface area contributed by atoms with Gasteiger partial charge in [-0.2, -0.15) is 0 Å². The summed E-state index contributed by atoms with van der Waals surface area (Å²) in [7, 11) is 0. The highest BCUT2D eigenvalue weighted by atomic mass is 16.3. The first kappa shape index (κ1) is 8.53. The quantitative estimate of drug-likeness (QED) is 0.598. The molecule has 1 aromatic carbocycles. The molecule has 0 amide bonds. The van der Waals surface area contributed by atoms with Crippen LogP contribution in [0, 0.1) is 0 Å². The average molecular weight is 179 g/mol. The van der Waals surface area contributed by atoms with Gasteiger partial charge in [0.05, 0.1) is 6.61 Å². The van der Waals surface area contributed by atoms with E-state index < -0.39 is 0 Å². The number of fused-ring (bicyclic) bond motifs is 1. The highest BCUT2D eigenvalue weighted by Gasteiger charge is 2.20. The Morgan fingerprint density at radius 3 is 2.92 bits per heavy atom. The maximum Gasteiger partial charge on any atom is 0.121 e. The molecule has 0 radical (unpaired) electrons. The van der Waals surface area contributed by atoms with Gasteiger partial charge in [-0.25, -0.2) is 0 Å². The Kier molecular flexibility index (Phi) is 1.98. The van der Waals surface area contributed by atoms with Gasteiger partial charge in [-0.15, -0.1) is 0 Å². The molecule has 4 N–H and O–H groups in total. The smallest absolute Gasteiger partial charge is 0.121 e. The van der Waals surface area contributed by atoms with E-state index in [-0.39, 0.29) is 18.4 Å². The van der Waals surface area contributed by atoms with Gasteiger partial charge in [0, 0.05) is 11.6 Å². The van der Waals surface area contributed by atoms with Crippen LogP contribution in [0.5, 0.6) is 5.75 Å². The van der Waals surface area contributed by atoms with Crippen molar-refractivity contribution in [3.63, 3.8) is 0 Å². The zero-order valence-electron chi connectivity index (χ0n) is 7.33. The Hall–Kier alpha value is -1.06. The van der Waals surface area contributed by atoms with Crippen LogP contribution in [-0.4, -0.2) is 10.2 Å². The number of phenols is 1. The van der Waals surface area contributed by atoms with E-state index >= 15 is 0 Å². The molecule has 0 unspecified atom stereocenters. The standard InChI is InChI=1S/C10H13NO2/c11-9-2-1-6-4-10(13)7(5-12)3-8(6)9/h3-4,9,12-13H,1-2,5,11H2/t9-/m1/s1. The predicted octanol–water partition coefficient (Wildman–Crippen LogP) is 0.831. The minimum Gasteiger partial charge on any atom is -0.508 e. The summed E-state index contributed by atoms with van der Waals surface area (Å²) in [6.07, 6.45) is 1.86. The van der Waals surface area contributed by atoms with Crippen LogP contribution >= 0.6 is 0 Å². The molecule has 0 saturated carbocycles. The van der Waals surface area contributed by atoms with E-state index in [0.717, 1.165) is 24.0 Å². The summed E-state index contributed by atoms with van der Waals surface area (Å²) in [4.78, 5) is 0. The van der Waals surface area contributed by atoms with Crippen LogP contribution in [0.25, 0.3) is 0 Å². The summed E-state index contributed by atoms with van der Waals surface area (Å²) in [5.74, 6) is 0.176. The second-order valence-corrected chi connectivity index (χ2v) is 3.48. The fourth-order valence-corrected chi connectivity index (χ4v) is 1.85. The summed E-state index contributed by atoms with van der Waals surface area (Å²) >= 11 is 0. The number of benzene rings is 1. The van der Waals surface area contributed by atoms with E-state index in [4.69, 9.17) is 10.8 Å². The van der Waals surface area contributed by atoms with Crippen LogP contribution in [-0.2, 0) is 13.0 Å². The van der Waals surface area contributed by atoms with Crippen LogP contribution < -0.4 is 5.73 Å². The molecule has 3 nitrogen and oxygen atoms in total. The molecule has 0 heterocycles. The summed E-state index contributed by atoms with van der Waals surface area (Å²) < 4.78 is 0. The fourth-order valence-electron chi connectivity index (χ4n) is 1.85. The zero-order chi connectivity index (χ0) is 9.42. The number of hydrogen-bond acceptors (Lipinski definition) is 3. The summed E-state index contributed by atoms with van der Waals surface area (Å²) in [5.41, 5.74) is 8.61. The minimum absolute atomic E-state index is 0.0703. The summed E-state index contributed by atoms with van der Waals surface area (Å²) in [6, 6.07) is 3.59. The third-order valence-electron chi connectivity index (χ3n) is 2.63. The second kappa shape index (κ2) is 3.01. The van der Waals surface area contributed by atoms with Crippen molar-refractivity contribution >= 4 is 0 Å². The predicted molar refractivity (Wildman–Crippen MR) is 49.3 cm³/mol. The van der Waals surface area contributed by atoms with Crippen molar-refractivity contribution in [1.82, 2.24) is 0 Å². The number of aliphatic hydroxyl groups excluding tert-OH is 1. The lowest BCUT2D eigenvalue weighted by Crippen LogP contribution is -2.05. The van der Waals surface area contributed by atoms with Gasteiger partial charge in [0.25, 0.3) is 0 Å². The van der Waals surface area contributed by atoms with E-state index in [1.54, 1.807) is 6.07 Å². The molecule has 1 aromatic rings. The normalized spacial score (nSPS) is 20.3. The first-order valence-corrected chi connectivity index (χ1v) is 4.43. The van der Waals surface area contributed by atoms with Crippen LogP contribution in [0.15, 0.2) is 12.1 Å². The van der Waals surface area contributed by atoms with E-state index in [1.165, 1.54) is 0 Å². The van der Waals surface area contributed by atoms with Crippen molar-refractivity contribution in [3.05, 3.63) is 28.8 Å². The van der Waals surface area contributed by atoms with E-state index in [0.29, 0.717) is 5.56 Å². The number of aliphatic hydroxyl groups is 1. The lowest BCUT2D eigenvalue weighted by molar-refractivity contribution is 0.275. The molecule has 0 fully saturated rings. The molecule has 0 bridgehead atoms. The average Bonchev–Trinajstić information content (AvgIpc) is 2.46. The monoisotopic (exact) mass is 179 g/mol. The molecule has 13 heavy (non-hydrogen) atoms.